The average molecular weight is 425 g/mol. The number of pyridine rings is 1. The molecular formula is C25H17N2O5-. The normalized spacial score (nSPS) is 10.4. The minimum Gasteiger partial charge on any atom is -0.545 e. The summed E-state index contributed by atoms with van der Waals surface area (Å²) >= 11 is 0. The zero-order valence-corrected chi connectivity index (χ0v) is 17.1. The van der Waals surface area contributed by atoms with Crippen LogP contribution in [0.4, 0.5) is 0 Å². The Hall–Kier alpha value is -4.57. The molecule has 0 atom stereocenters. The third kappa shape index (κ3) is 4.30. The molecule has 0 unspecified atom stereocenters. The van der Waals surface area contributed by atoms with Crippen molar-refractivity contribution in [3.8, 4) is 40.1 Å². The van der Waals surface area contributed by atoms with Crippen LogP contribution in [-0.4, -0.2) is 18.1 Å². The van der Waals surface area contributed by atoms with E-state index in [0.717, 1.165) is 16.7 Å². The van der Waals surface area contributed by atoms with Gasteiger partial charge in [-0.25, -0.2) is 4.98 Å². The lowest BCUT2D eigenvalue weighted by atomic mass is 10.0. The number of methoxy groups -OCH3 is 1. The van der Waals surface area contributed by atoms with Crippen LogP contribution in [0, 0.1) is 11.3 Å². The van der Waals surface area contributed by atoms with Crippen LogP contribution in [0.1, 0.15) is 21.5 Å². The van der Waals surface area contributed by atoms with E-state index in [1.54, 1.807) is 37.6 Å². The average Bonchev–Trinajstić information content (AvgIpc) is 3.37. The number of rotatable bonds is 7. The summed E-state index contributed by atoms with van der Waals surface area (Å²) < 4.78 is 16.4. The molecule has 7 heteroatoms. The van der Waals surface area contributed by atoms with E-state index in [9.17, 15) is 15.2 Å². The van der Waals surface area contributed by atoms with Crippen LogP contribution in [0.25, 0.3) is 22.4 Å². The first kappa shape index (κ1) is 20.7. The number of aromatic carboxylic acids is 1. The predicted molar refractivity (Wildman–Crippen MR) is 114 cm³/mol. The van der Waals surface area contributed by atoms with Gasteiger partial charge < -0.3 is 23.8 Å². The van der Waals surface area contributed by atoms with Gasteiger partial charge in [0.1, 0.15) is 24.0 Å². The molecule has 0 saturated carbocycles. The summed E-state index contributed by atoms with van der Waals surface area (Å²) in [6.07, 6.45) is 3.08. The lowest BCUT2D eigenvalue weighted by Crippen LogP contribution is -2.22. The largest absolute Gasteiger partial charge is 0.545 e. The first-order valence-electron chi connectivity index (χ1n) is 9.64. The monoisotopic (exact) mass is 425 g/mol. The number of hydrogen-bond acceptors (Lipinski definition) is 7. The molecule has 0 radical (unpaired) electrons. The molecule has 0 amide bonds. The van der Waals surface area contributed by atoms with E-state index in [0.29, 0.717) is 17.0 Å². The van der Waals surface area contributed by atoms with Crippen LogP contribution in [0.3, 0.4) is 0 Å². The highest BCUT2D eigenvalue weighted by Gasteiger charge is 2.18. The molecule has 4 rings (SSSR count). The number of benzene rings is 2. The van der Waals surface area contributed by atoms with Crippen LogP contribution >= 0.6 is 0 Å². The van der Waals surface area contributed by atoms with Crippen molar-refractivity contribution in [3.63, 3.8) is 0 Å². The number of nitrogens with zero attached hydrogens (tertiary/aromatic N) is 2. The maximum atomic E-state index is 10.9. The smallest absolute Gasteiger partial charge is 0.233 e. The highest BCUT2D eigenvalue weighted by Crippen LogP contribution is 2.34. The molecule has 7 nitrogen and oxygen atoms in total. The Morgan fingerprint density at radius 1 is 1.12 bits per heavy atom. The van der Waals surface area contributed by atoms with Gasteiger partial charge in [0.25, 0.3) is 0 Å². The van der Waals surface area contributed by atoms with Gasteiger partial charge in [0.15, 0.2) is 0 Å². The molecule has 0 aliphatic heterocycles. The number of nitriles is 1. The van der Waals surface area contributed by atoms with Crippen molar-refractivity contribution in [2.75, 3.05) is 7.11 Å². The Balaban J connectivity index is 1.75. The van der Waals surface area contributed by atoms with E-state index in [4.69, 9.17) is 13.9 Å². The van der Waals surface area contributed by atoms with Crippen LogP contribution < -0.4 is 14.6 Å². The first-order chi connectivity index (χ1) is 15.6. The summed E-state index contributed by atoms with van der Waals surface area (Å²) in [5.74, 6) is -0.413. The summed E-state index contributed by atoms with van der Waals surface area (Å²) in [5.41, 5.74) is 3.80. The maximum Gasteiger partial charge on any atom is 0.233 e. The number of aromatic nitrogens is 1. The third-order valence-corrected chi connectivity index (χ3v) is 4.86. The first-order valence-corrected chi connectivity index (χ1v) is 9.64. The van der Waals surface area contributed by atoms with E-state index >= 15 is 0 Å². The molecule has 2 aromatic carbocycles. The van der Waals surface area contributed by atoms with Crippen LogP contribution in [0.5, 0.6) is 11.6 Å². The number of hydrogen-bond donors (Lipinski definition) is 0. The Morgan fingerprint density at radius 3 is 2.59 bits per heavy atom. The zero-order chi connectivity index (χ0) is 22.5. The fourth-order valence-electron chi connectivity index (χ4n) is 3.20. The van der Waals surface area contributed by atoms with E-state index in [1.165, 1.54) is 18.4 Å². The highest BCUT2D eigenvalue weighted by atomic mass is 16.5. The van der Waals surface area contributed by atoms with Gasteiger partial charge in [-0.05, 0) is 35.4 Å². The lowest BCUT2D eigenvalue weighted by molar-refractivity contribution is -0.255. The molecule has 4 aromatic rings. The Kier molecular flexibility index (Phi) is 5.86. The van der Waals surface area contributed by atoms with E-state index in [-0.39, 0.29) is 23.6 Å². The van der Waals surface area contributed by atoms with Crippen molar-refractivity contribution >= 4 is 5.97 Å². The Labute approximate surface area is 184 Å². The second-order valence-electron chi connectivity index (χ2n) is 6.86. The van der Waals surface area contributed by atoms with Gasteiger partial charge in [-0.3, -0.25) is 0 Å². The third-order valence-electron chi connectivity index (χ3n) is 4.86. The van der Waals surface area contributed by atoms with Gasteiger partial charge >= 0.3 is 0 Å². The van der Waals surface area contributed by atoms with Crippen LogP contribution in [-0.2, 0) is 6.61 Å². The van der Waals surface area contributed by atoms with Gasteiger partial charge in [0.2, 0.25) is 5.88 Å². The Bertz CT molecular complexity index is 1290. The van der Waals surface area contributed by atoms with Crippen molar-refractivity contribution in [1.29, 1.82) is 5.26 Å². The molecule has 0 spiro atoms. The van der Waals surface area contributed by atoms with Gasteiger partial charge in [0.05, 0.1) is 31.3 Å². The number of ether oxygens (including phenoxy) is 2. The molecule has 32 heavy (non-hydrogen) atoms. The van der Waals surface area contributed by atoms with Crippen molar-refractivity contribution in [1.82, 2.24) is 4.98 Å². The fraction of sp³-hybridized carbons (Fsp3) is 0.0800. The summed E-state index contributed by atoms with van der Waals surface area (Å²) in [5, 5.41) is 20.8. The summed E-state index contributed by atoms with van der Waals surface area (Å²) in [7, 11) is 1.59. The number of carbonyl (C=O) groups excluding carboxylic acids is 1. The number of carboxylic acids is 1. The molecule has 0 fully saturated rings. The van der Waals surface area contributed by atoms with Crippen molar-refractivity contribution < 1.29 is 23.8 Å². The molecule has 0 saturated heterocycles. The zero-order valence-electron chi connectivity index (χ0n) is 17.1. The SMILES string of the molecule is COc1cccc(-c2cc(-c3ccoc3)c(C#N)c(OCc3ccc(C(=O)[O-])cc3)n2)c1. The number of carbonyl (C=O) groups is 1. The van der Waals surface area contributed by atoms with Crippen molar-refractivity contribution in [2.45, 2.75) is 6.61 Å². The molecule has 0 bridgehead atoms. The molecular weight excluding hydrogens is 408 g/mol. The minimum absolute atomic E-state index is 0.0758. The van der Waals surface area contributed by atoms with Crippen molar-refractivity contribution in [2.24, 2.45) is 0 Å². The lowest BCUT2D eigenvalue weighted by Gasteiger charge is -2.13. The Morgan fingerprint density at radius 2 is 1.94 bits per heavy atom. The summed E-state index contributed by atoms with van der Waals surface area (Å²) in [6, 6.07) is 19.3. The van der Waals surface area contributed by atoms with Gasteiger partial charge in [-0.1, -0.05) is 36.4 Å². The molecule has 0 aliphatic rings. The van der Waals surface area contributed by atoms with Crippen LogP contribution in [0.15, 0.2) is 77.6 Å². The fourth-order valence-corrected chi connectivity index (χ4v) is 3.20. The molecule has 158 valence electrons. The van der Waals surface area contributed by atoms with Crippen LogP contribution in [0.2, 0.25) is 0 Å². The molecule has 2 aromatic heterocycles. The second kappa shape index (κ2) is 9.06. The molecule has 0 aliphatic carbocycles. The summed E-state index contributed by atoms with van der Waals surface area (Å²) in [6.45, 7) is 0.0986. The topological polar surface area (TPSA) is 108 Å². The molecule has 0 N–H and O–H groups in total. The summed E-state index contributed by atoms with van der Waals surface area (Å²) in [4.78, 5) is 15.5. The van der Waals surface area contributed by atoms with Gasteiger partial charge in [0, 0.05) is 16.7 Å². The number of carboxylic acid groups (broad SMARTS) is 1. The second-order valence-corrected chi connectivity index (χ2v) is 6.86. The van der Waals surface area contributed by atoms with E-state index in [2.05, 4.69) is 11.1 Å². The minimum atomic E-state index is -1.25. The van der Waals surface area contributed by atoms with Gasteiger partial charge in [-0.15, -0.1) is 0 Å². The van der Waals surface area contributed by atoms with Gasteiger partial charge in [-0.2, -0.15) is 5.26 Å². The van der Waals surface area contributed by atoms with E-state index < -0.39 is 5.97 Å². The molecule has 2 heterocycles. The highest BCUT2D eigenvalue weighted by molar-refractivity contribution is 5.85. The maximum absolute atomic E-state index is 10.9. The number of furan rings is 1. The van der Waals surface area contributed by atoms with Crippen molar-refractivity contribution in [3.05, 3.63) is 89.9 Å². The standard InChI is InChI=1S/C25H18N2O5/c1-30-20-4-2-3-18(11-20)23-12-21(19-9-10-31-15-19)22(13-26)24(27-23)32-14-16-5-7-17(8-6-16)25(28)29/h2-12,15H,14H2,1H3,(H,28,29)/p-1. The predicted octanol–water partition coefficient (Wildman–Crippen LogP) is 3.83. The quantitative estimate of drug-likeness (QED) is 0.443. The van der Waals surface area contributed by atoms with E-state index in [1.807, 2.05) is 24.3 Å².